The van der Waals surface area contributed by atoms with Gasteiger partial charge >= 0.3 is 0 Å². The molecular weight excluding hydrogens is 283 g/mol. The van der Waals surface area contributed by atoms with Crippen LogP contribution in [0.15, 0.2) is 24.3 Å². The maximum absolute atomic E-state index is 13.2. The van der Waals surface area contributed by atoms with Crippen molar-refractivity contribution in [3.05, 3.63) is 35.6 Å². The Kier molecular flexibility index (Phi) is 4.74. The molecule has 2 fully saturated rings. The van der Waals surface area contributed by atoms with Gasteiger partial charge in [-0.25, -0.2) is 4.39 Å². The molecule has 0 radical (unpaired) electrons. The molecule has 0 N–H and O–H groups in total. The van der Waals surface area contributed by atoms with Crippen LogP contribution in [0.4, 0.5) is 4.39 Å². The highest BCUT2D eigenvalue weighted by Gasteiger charge is 2.41. The van der Waals surface area contributed by atoms with E-state index in [1.165, 1.54) is 6.07 Å². The third-order valence-electron chi connectivity index (χ3n) is 4.73. The van der Waals surface area contributed by atoms with Gasteiger partial charge in [0, 0.05) is 39.8 Å². The fourth-order valence-electron chi connectivity index (χ4n) is 3.66. The van der Waals surface area contributed by atoms with Gasteiger partial charge in [0.25, 0.3) is 0 Å². The van der Waals surface area contributed by atoms with Crippen molar-refractivity contribution in [2.45, 2.75) is 13.0 Å². The van der Waals surface area contributed by atoms with Crippen LogP contribution in [0.3, 0.4) is 0 Å². The fourth-order valence-corrected chi connectivity index (χ4v) is 3.66. The molecule has 2 saturated heterocycles. The van der Waals surface area contributed by atoms with E-state index in [0.29, 0.717) is 24.9 Å². The van der Waals surface area contributed by atoms with Gasteiger partial charge in [0.2, 0.25) is 5.91 Å². The molecule has 120 valence electrons. The van der Waals surface area contributed by atoms with E-state index in [4.69, 9.17) is 4.74 Å². The molecule has 0 saturated carbocycles. The van der Waals surface area contributed by atoms with Crippen LogP contribution in [0.2, 0.25) is 0 Å². The largest absolute Gasteiger partial charge is 0.384 e. The molecule has 1 aromatic rings. The number of hydrogen-bond donors (Lipinski definition) is 0. The molecular formula is C17H23FN2O2. The number of nitrogens with zero attached hydrogens (tertiary/aromatic N) is 2. The van der Waals surface area contributed by atoms with Gasteiger partial charge < -0.3 is 9.64 Å². The molecule has 1 aromatic carbocycles. The molecule has 2 atom stereocenters. The van der Waals surface area contributed by atoms with Gasteiger partial charge in [-0.15, -0.1) is 0 Å². The highest BCUT2D eigenvalue weighted by molar-refractivity contribution is 5.76. The van der Waals surface area contributed by atoms with Crippen LogP contribution in [0.5, 0.6) is 0 Å². The number of rotatable bonds is 5. The van der Waals surface area contributed by atoms with Crippen molar-refractivity contribution in [2.24, 2.45) is 11.8 Å². The lowest BCUT2D eigenvalue weighted by Crippen LogP contribution is -2.33. The Morgan fingerprint density at radius 2 is 2.00 bits per heavy atom. The predicted molar refractivity (Wildman–Crippen MR) is 81.7 cm³/mol. The maximum atomic E-state index is 13.2. The van der Waals surface area contributed by atoms with Crippen molar-refractivity contribution in [1.82, 2.24) is 9.80 Å². The number of hydrogen-bond acceptors (Lipinski definition) is 3. The lowest BCUT2D eigenvalue weighted by atomic mass is 10.0. The molecule has 3 rings (SSSR count). The molecule has 0 spiro atoms. The average molecular weight is 306 g/mol. The molecule has 5 heteroatoms. The first kappa shape index (κ1) is 15.4. The highest BCUT2D eigenvalue weighted by atomic mass is 19.1. The van der Waals surface area contributed by atoms with Crippen molar-refractivity contribution in [1.29, 1.82) is 0 Å². The number of halogens is 1. The first-order valence-electron chi connectivity index (χ1n) is 7.89. The van der Waals surface area contributed by atoms with Gasteiger partial charge in [0.1, 0.15) is 5.82 Å². The Balaban J connectivity index is 1.50. The molecule has 0 bridgehead atoms. The number of amides is 1. The standard InChI is InChI=1S/C17H23FN2O2/c1-22-6-5-17(21)20-11-14-9-19(10-15(14)12-20)8-13-3-2-4-16(18)7-13/h2-4,7,14-15H,5-6,8-12H2,1H3/t14-,15+. The van der Waals surface area contributed by atoms with Gasteiger partial charge in [-0.1, -0.05) is 12.1 Å². The van der Waals surface area contributed by atoms with Crippen molar-refractivity contribution in [3.8, 4) is 0 Å². The summed E-state index contributed by atoms with van der Waals surface area (Å²) >= 11 is 0. The van der Waals surface area contributed by atoms with Gasteiger partial charge in [-0.2, -0.15) is 0 Å². The van der Waals surface area contributed by atoms with Gasteiger partial charge in [0.05, 0.1) is 13.0 Å². The van der Waals surface area contributed by atoms with Crippen LogP contribution in [-0.2, 0) is 16.1 Å². The average Bonchev–Trinajstić information content (AvgIpc) is 3.03. The Labute approximate surface area is 130 Å². The summed E-state index contributed by atoms with van der Waals surface area (Å²) in [5.74, 6) is 1.14. The van der Waals surface area contributed by atoms with E-state index in [0.717, 1.165) is 38.3 Å². The SMILES string of the molecule is COCCC(=O)N1C[C@H]2CN(Cc3cccc(F)c3)C[C@H]2C1. The van der Waals surface area contributed by atoms with Crippen LogP contribution in [0.1, 0.15) is 12.0 Å². The predicted octanol–water partition coefficient (Wildman–Crippen LogP) is 1.75. The number of ether oxygens (including phenoxy) is 1. The topological polar surface area (TPSA) is 32.8 Å². The number of benzene rings is 1. The van der Waals surface area contributed by atoms with Crippen molar-refractivity contribution in [3.63, 3.8) is 0 Å². The summed E-state index contributed by atoms with van der Waals surface area (Å²) in [7, 11) is 1.62. The molecule has 0 aromatic heterocycles. The minimum atomic E-state index is -0.174. The molecule has 0 aliphatic carbocycles. The fraction of sp³-hybridized carbons (Fsp3) is 0.588. The smallest absolute Gasteiger partial charge is 0.224 e. The zero-order chi connectivity index (χ0) is 15.5. The van der Waals surface area contributed by atoms with E-state index in [9.17, 15) is 9.18 Å². The normalized spacial score (nSPS) is 24.7. The second kappa shape index (κ2) is 6.75. The first-order chi connectivity index (χ1) is 10.7. The summed E-state index contributed by atoms with van der Waals surface area (Å²) in [5.41, 5.74) is 1.02. The number of fused-ring (bicyclic) bond motifs is 1. The lowest BCUT2D eigenvalue weighted by Gasteiger charge is -2.21. The van der Waals surface area contributed by atoms with E-state index in [-0.39, 0.29) is 11.7 Å². The van der Waals surface area contributed by atoms with E-state index in [1.54, 1.807) is 19.2 Å². The summed E-state index contributed by atoms with van der Waals surface area (Å²) < 4.78 is 18.2. The Bertz CT molecular complexity index is 523. The second-order valence-electron chi connectivity index (χ2n) is 6.39. The zero-order valence-electron chi connectivity index (χ0n) is 13.0. The third-order valence-corrected chi connectivity index (χ3v) is 4.73. The summed E-state index contributed by atoms with van der Waals surface area (Å²) in [6.45, 7) is 4.99. The maximum Gasteiger partial charge on any atom is 0.224 e. The molecule has 0 unspecified atom stereocenters. The van der Waals surface area contributed by atoms with E-state index >= 15 is 0 Å². The monoisotopic (exact) mass is 306 g/mol. The van der Waals surface area contributed by atoms with Gasteiger partial charge in [-0.05, 0) is 29.5 Å². The third kappa shape index (κ3) is 3.47. The number of carbonyl (C=O) groups is 1. The summed E-state index contributed by atoms with van der Waals surface area (Å²) in [6.07, 6.45) is 0.475. The summed E-state index contributed by atoms with van der Waals surface area (Å²) in [5, 5.41) is 0. The Hall–Kier alpha value is -1.46. The van der Waals surface area contributed by atoms with Crippen molar-refractivity contribution >= 4 is 5.91 Å². The van der Waals surface area contributed by atoms with E-state index < -0.39 is 0 Å². The first-order valence-corrected chi connectivity index (χ1v) is 7.89. The minimum Gasteiger partial charge on any atom is -0.384 e. The van der Waals surface area contributed by atoms with Crippen LogP contribution in [0.25, 0.3) is 0 Å². The van der Waals surface area contributed by atoms with E-state index in [1.807, 2.05) is 11.0 Å². The minimum absolute atomic E-state index is 0.174. The summed E-state index contributed by atoms with van der Waals surface area (Å²) in [4.78, 5) is 16.4. The second-order valence-corrected chi connectivity index (χ2v) is 6.39. The van der Waals surface area contributed by atoms with Crippen LogP contribution >= 0.6 is 0 Å². The van der Waals surface area contributed by atoms with Crippen LogP contribution < -0.4 is 0 Å². The molecule has 22 heavy (non-hydrogen) atoms. The number of likely N-dealkylation sites (tertiary alicyclic amines) is 2. The number of carbonyl (C=O) groups excluding carboxylic acids is 1. The highest BCUT2D eigenvalue weighted by Crippen LogP contribution is 2.32. The number of methoxy groups -OCH3 is 1. The molecule has 1 amide bonds. The Morgan fingerprint density at radius 1 is 1.27 bits per heavy atom. The quantitative estimate of drug-likeness (QED) is 0.831. The molecule has 4 nitrogen and oxygen atoms in total. The van der Waals surface area contributed by atoms with Crippen molar-refractivity contribution < 1.29 is 13.9 Å². The molecule has 2 aliphatic heterocycles. The Morgan fingerprint density at radius 3 is 2.64 bits per heavy atom. The van der Waals surface area contributed by atoms with E-state index in [2.05, 4.69) is 4.90 Å². The van der Waals surface area contributed by atoms with Crippen molar-refractivity contribution in [2.75, 3.05) is 39.9 Å². The zero-order valence-corrected chi connectivity index (χ0v) is 13.0. The molecule has 2 aliphatic rings. The van der Waals surface area contributed by atoms with Crippen LogP contribution in [0, 0.1) is 17.7 Å². The molecule has 2 heterocycles. The van der Waals surface area contributed by atoms with Crippen LogP contribution in [-0.4, -0.2) is 55.6 Å². The van der Waals surface area contributed by atoms with Gasteiger partial charge in [0.15, 0.2) is 0 Å². The van der Waals surface area contributed by atoms with Gasteiger partial charge in [-0.3, -0.25) is 9.69 Å². The summed E-state index contributed by atoms with van der Waals surface area (Å²) in [6, 6.07) is 6.82. The lowest BCUT2D eigenvalue weighted by molar-refractivity contribution is -0.131.